The number of carbonyl (C=O) groups excluding carboxylic acids is 1. The molecule has 0 heterocycles. The van der Waals surface area contributed by atoms with Gasteiger partial charge in [0.25, 0.3) is 0 Å². The molecule has 0 radical (unpaired) electrons. The maximum Gasteiger partial charge on any atom is 0.408 e. The molecule has 1 aromatic rings. The third kappa shape index (κ3) is 7.36. The van der Waals surface area contributed by atoms with Gasteiger partial charge in [-0.25, -0.2) is 13.6 Å². The number of alkyl carbamates (subject to hydrolysis) is 1. The molecule has 0 aliphatic rings. The van der Waals surface area contributed by atoms with Gasteiger partial charge in [-0.15, -0.1) is 0 Å². The van der Waals surface area contributed by atoms with Crippen molar-refractivity contribution in [2.45, 2.75) is 52.3 Å². The van der Waals surface area contributed by atoms with Crippen molar-refractivity contribution in [1.29, 1.82) is 0 Å². The number of ether oxygens (including phenoxy) is 1. The Morgan fingerprint density at radius 2 is 1.64 bits per heavy atom. The summed E-state index contributed by atoms with van der Waals surface area (Å²) >= 11 is 0. The van der Waals surface area contributed by atoms with E-state index in [0.717, 1.165) is 6.07 Å². The second-order valence-corrected chi connectivity index (χ2v) is 6.89. The van der Waals surface area contributed by atoms with E-state index < -0.39 is 28.9 Å². The zero-order valence-corrected chi connectivity index (χ0v) is 13.7. The summed E-state index contributed by atoms with van der Waals surface area (Å²) in [5.74, 6) is -1.22. The number of halogens is 2. The highest BCUT2D eigenvalue weighted by Crippen LogP contribution is 2.10. The van der Waals surface area contributed by atoms with Crippen molar-refractivity contribution in [1.82, 2.24) is 10.6 Å². The fraction of sp³-hybridized carbons (Fsp3) is 0.562. The Hall–Kier alpha value is -1.69. The lowest BCUT2D eigenvalue weighted by atomic mass is 10.1. The van der Waals surface area contributed by atoms with E-state index in [4.69, 9.17) is 4.74 Å². The van der Waals surface area contributed by atoms with Crippen molar-refractivity contribution >= 4 is 6.09 Å². The van der Waals surface area contributed by atoms with Gasteiger partial charge in [-0.1, -0.05) is 0 Å². The first kappa shape index (κ1) is 18.4. The molecule has 6 heteroatoms. The number of hydrogen-bond acceptors (Lipinski definition) is 3. The maximum absolute atomic E-state index is 13.1. The molecule has 4 nitrogen and oxygen atoms in total. The van der Waals surface area contributed by atoms with Gasteiger partial charge in [0.2, 0.25) is 0 Å². The van der Waals surface area contributed by atoms with Gasteiger partial charge < -0.3 is 15.4 Å². The van der Waals surface area contributed by atoms with Crippen LogP contribution >= 0.6 is 0 Å². The van der Waals surface area contributed by atoms with Crippen molar-refractivity contribution in [3.05, 3.63) is 35.4 Å². The van der Waals surface area contributed by atoms with Crippen LogP contribution in [0.1, 0.15) is 40.2 Å². The third-order valence-corrected chi connectivity index (χ3v) is 2.66. The zero-order chi connectivity index (χ0) is 17.0. The molecule has 22 heavy (non-hydrogen) atoms. The lowest BCUT2D eigenvalue weighted by molar-refractivity contribution is 0.0472. The molecular weight excluding hydrogens is 290 g/mol. The highest BCUT2D eigenvalue weighted by Gasteiger charge is 2.24. The van der Waals surface area contributed by atoms with Gasteiger partial charge in [0, 0.05) is 19.2 Å². The largest absolute Gasteiger partial charge is 0.444 e. The number of amides is 1. The Bertz CT molecular complexity index is 505. The zero-order valence-electron chi connectivity index (χ0n) is 13.7. The van der Waals surface area contributed by atoms with E-state index in [9.17, 15) is 13.6 Å². The molecule has 0 fully saturated rings. The average molecular weight is 314 g/mol. The number of rotatable bonds is 5. The normalized spacial score (nSPS) is 12.1. The number of hydrogen-bond donors (Lipinski definition) is 2. The van der Waals surface area contributed by atoms with Crippen LogP contribution in [0.4, 0.5) is 13.6 Å². The van der Waals surface area contributed by atoms with Crippen molar-refractivity contribution in [2.75, 3.05) is 6.54 Å². The molecule has 124 valence electrons. The number of benzene rings is 1. The summed E-state index contributed by atoms with van der Waals surface area (Å²) in [7, 11) is 0. The first-order valence-corrected chi connectivity index (χ1v) is 7.14. The topological polar surface area (TPSA) is 50.4 Å². The Balaban J connectivity index is 2.46. The molecule has 0 aliphatic heterocycles. The lowest BCUT2D eigenvalue weighted by Crippen LogP contribution is -2.51. The van der Waals surface area contributed by atoms with Gasteiger partial charge in [-0.3, -0.25) is 0 Å². The minimum absolute atomic E-state index is 0.300. The quantitative estimate of drug-likeness (QED) is 0.876. The molecule has 0 saturated carbocycles. The van der Waals surface area contributed by atoms with Crippen molar-refractivity contribution in [3.8, 4) is 0 Å². The van der Waals surface area contributed by atoms with E-state index >= 15 is 0 Å². The van der Waals surface area contributed by atoms with E-state index in [2.05, 4.69) is 10.6 Å². The van der Waals surface area contributed by atoms with Gasteiger partial charge in [0.15, 0.2) is 0 Å². The molecule has 1 rings (SSSR count). The number of carbonyl (C=O) groups is 1. The summed E-state index contributed by atoms with van der Waals surface area (Å²) < 4.78 is 31.3. The van der Waals surface area contributed by atoms with Crippen LogP contribution in [-0.4, -0.2) is 23.8 Å². The van der Waals surface area contributed by atoms with Gasteiger partial charge in [-0.2, -0.15) is 0 Å². The van der Waals surface area contributed by atoms with Crippen LogP contribution in [0.25, 0.3) is 0 Å². The fourth-order valence-corrected chi connectivity index (χ4v) is 1.86. The highest BCUT2D eigenvalue weighted by atomic mass is 19.1. The molecular formula is C16H24F2N2O2. The maximum atomic E-state index is 13.1. The SMILES string of the molecule is CC(C)(CNCc1cc(F)cc(F)c1)NC(=O)OC(C)(C)C. The van der Waals surface area contributed by atoms with Gasteiger partial charge in [0.1, 0.15) is 17.2 Å². The van der Waals surface area contributed by atoms with Crippen LogP contribution < -0.4 is 10.6 Å². The van der Waals surface area contributed by atoms with Crippen LogP contribution in [0.15, 0.2) is 18.2 Å². The molecule has 0 saturated heterocycles. The lowest BCUT2D eigenvalue weighted by Gasteiger charge is -2.29. The molecule has 0 aliphatic carbocycles. The van der Waals surface area contributed by atoms with Gasteiger partial charge >= 0.3 is 6.09 Å². The molecule has 2 N–H and O–H groups in total. The second-order valence-electron chi connectivity index (χ2n) is 6.89. The monoisotopic (exact) mass is 314 g/mol. The Morgan fingerprint density at radius 3 is 2.14 bits per heavy atom. The van der Waals surface area contributed by atoms with Crippen LogP contribution in [0.3, 0.4) is 0 Å². The van der Waals surface area contributed by atoms with Gasteiger partial charge in [-0.05, 0) is 52.3 Å². The van der Waals surface area contributed by atoms with E-state index in [-0.39, 0.29) is 0 Å². The Kier molecular flexibility index (Phi) is 5.88. The first-order chi connectivity index (χ1) is 9.97. The van der Waals surface area contributed by atoms with Gasteiger partial charge in [0.05, 0.1) is 5.54 Å². The number of nitrogens with one attached hydrogen (secondary N) is 2. The minimum atomic E-state index is -0.608. The summed E-state index contributed by atoms with van der Waals surface area (Å²) in [4.78, 5) is 11.7. The first-order valence-electron chi connectivity index (χ1n) is 7.14. The smallest absolute Gasteiger partial charge is 0.408 e. The molecule has 1 aromatic carbocycles. The average Bonchev–Trinajstić information content (AvgIpc) is 2.22. The summed E-state index contributed by atoms with van der Waals surface area (Å²) in [5, 5.41) is 5.81. The van der Waals surface area contributed by atoms with Crippen LogP contribution in [0, 0.1) is 11.6 Å². The molecule has 1 amide bonds. The predicted molar refractivity (Wildman–Crippen MR) is 81.5 cm³/mol. The second kappa shape index (κ2) is 7.05. The molecule has 0 unspecified atom stereocenters. The Labute approximate surface area is 130 Å². The highest BCUT2D eigenvalue weighted by molar-refractivity contribution is 5.68. The summed E-state index contributed by atoms with van der Waals surface area (Å²) in [6.45, 7) is 9.74. The van der Waals surface area contributed by atoms with E-state index in [1.54, 1.807) is 20.8 Å². The molecule has 0 bridgehead atoms. The van der Waals surface area contributed by atoms with E-state index in [1.807, 2.05) is 13.8 Å². The third-order valence-electron chi connectivity index (χ3n) is 2.66. The fourth-order valence-electron chi connectivity index (χ4n) is 1.86. The minimum Gasteiger partial charge on any atom is -0.444 e. The van der Waals surface area contributed by atoms with Crippen LogP contribution in [0.2, 0.25) is 0 Å². The summed E-state index contributed by atoms with van der Waals surface area (Å²) in [5.41, 5.74) is -0.619. The van der Waals surface area contributed by atoms with Crippen LogP contribution in [-0.2, 0) is 11.3 Å². The predicted octanol–water partition coefficient (Wildman–Crippen LogP) is 3.36. The summed E-state index contributed by atoms with van der Waals surface area (Å²) in [6, 6.07) is 3.37. The van der Waals surface area contributed by atoms with E-state index in [1.165, 1.54) is 12.1 Å². The van der Waals surface area contributed by atoms with E-state index in [0.29, 0.717) is 18.7 Å². The molecule has 0 spiro atoms. The van der Waals surface area contributed by atoms with Crippen molar-refractivity contribution < 1.29 is 18.3 Å². The van der Waals surface area contributed by atoms with Crippen molar-refractivity contribution in [2.24, 2.45) is 0 Å². The molecule has 0 aromatic heterocycles. The van der Waals surface area contributed by atoms with Crippen LogP contribution in [0.5, 0.6) is 0 Å². The standard InChI is InChI=1S/C16H24F2N2O2/c1-15(2,3)22-14(21)20-16(4,5)10-19-9-11-6-12(17)8-13(18)7-11/h6-8,19H,9-10H2,1-5H3,(H,20,21). The van der Waals surface area contributed by atoms with Crippen molar-refractivity contribution in [3.63, 3.8) is 0 Å². The Morgan fingerprint density at radius 1 is 1.09 bits per heavy atom. The molecule has 0 atom stereocenters. The summed E-state index contributed by atoms with van der Waals surface area (Å²) in [6.07, 6.45) is -0.504.